The number of aliphatic hydroxyl groups excluding tert-OH is 1. The van der Waals surface area contributed by atoms with Gasteiger partial charge in [0.25, 0.3) is 5.91 Å². The average Bonchev–Trinajstić information content (AvgIpc) is 0.768. The van der Waals surface area contributed by atoms with Crippen LogP contribution in [0.4, 0.5) is 22.6 Å². The number of nitrogens with zero attached hydrogens (tertiary/aromatic N) is 10. The lowest BCUT2D eigenvalue weighted by Crippen LogP contribution is -2.64. The van der Waals surface area contributed by atoms with Crippen molar-refractivity contribution in [2.24, 2.45) is 21.7 Å². The highest BCUT2D eigenvalue weighted by molar-refractivity contribution is 7.22. The SMILES string of the molecule is Cc1ncsc1-c1ccc([C@H](C)NC(=O)[C@@H]2C[C@@H](O)CN2C(=O)[C@@H](NCCCCCCCCCCC(=O)NC(=O)c2nc(N3CCCc4c3nnc(Nc3nc5ccccc5s3)c4C)ccc2-c2cnn(CC34CC5(C)CC(C)(C3)CC(OCCN3CCCC3)(C5)C4)c2C)C(C)(C)C)cc1. The highest BCUT2D eigenvalue weighted by Gasteiger charge is 2.66. The normalized spacial score (nSPS) is 24.1. The predicted molar refractivity (Wildman–Crippen MR) is 396 cm³/mol. The molecule has 534 valence electrons. The number of pyridine rings is 1. The van der Waals surface area contributed by atoms with Crippen LogP contribution in [-0.4, -0.2) is 143 Å². The number of ether oxygens (including phenoxy) is 1. The third kappa shape index (κ3) is 15.8. The summed E-state index contributed by atoms with van der Waals surface area (Å²) in [6, 6.07) is 18.5. The Balaban J connectivity index is 0.616. The van der Waals surface area contributed by atoms with Crippen LogP contribution in [0, 0.1) is 42.4 Å². The zero-order chi connectivity index (χ0) is 70.1. The minimum Gasteiger partial charge on any atom is -0.391 e. The standard InChI is InChI=1S/C78H104N14O6S2/c1-50-57-23-22-36-90(69(57)88-87-68(50)86-73-83-60-24-17-18-25-62(60)100-73)63-32-31-58(59-40-81-92(53(59)4)48-77-43-75(8)42-76(9,44-77)46-78(45-75,47-77)98-38-37-89-34-20-21-35-89)65(84-63)71(96)85-64(94)26-16-14-12-10-11-13-15-19-33-79-67(74(5,6)7)72(97)91-41-56(93)39-61(91)70(95)82-51(2)54-27-29-55(30-28-54)66-52(3)80-49-99-66/h17-18,24-25,27-32,40,49,51,56,61,67,79,93H,10-16,19-23,26,33-39,41-48H2,1-9H3,(H,82,95)(H,83,86,87)(H,85,94,96)/t51-,56+,61-,67+,75?,76?,77?,78?/m0/s1. The predicted octanol–water partition coefficient (Wildman–Crippen LogP) is 14.1. The lowest BCUT2D eigenvalue weighted by Gasteiger charge is -2.69. The maximum atomic E-state index is 14.8. The smallest absolute Gasteiger partial charge is 0.277 e. The molecule has 22 heteroatoms. The molecule has 7 aliphatic rings. The molecule has 2 saturated heterocycles. The van der Waals surface area contributed by atoms with E-state index in [9.17, 15) is 24.3 Å². The van der Waals surface area contributed by atoms with Gasteiger partial charge in [-0.25, -0.2) is 15.0 Å². The topological polar surface area (TPSA) is 238 Å². The number of carbonyl (C=O) groups is 4. The molecule has 2 unspecified atom stereocenters. The number of thiazole rings is 2. The van der Waals surface area contributed by atoms with Crippen molar-refractivity contribution in [3.8, 4) is 21.6 Å². The number of aryl methyl sites for hydroxylation is 1. The van der Waals surface area contributed by atoms with Crippen LogP contribution in [0.25, 0.3) is 31.8 Å². The number of likely N-dealkylation sites (tertiary alicyclic amines) is 2. The molecule has 4 bridgehead atoms. The van der Waals surface area contributed by atoms with E-state index >= 15 is 0 Å². The van der Waals surface area contributed by atoms with Gasteiger partial charge in [0, 0.05) is 67.0 Å². The number of hydrogen-bond donors (Lipinski definition) is 5. The van der Waals surface area contributed by atoms with Gasteiger partial charge in [-0.3, -0.25) is 29.2 Å². The van der Waals surface area contributed by atoms with Crippen molar-refractivity contribution in [3.63, 3.8) is 0 Å². The molecule has 14 rings (SSSR count). The van der Waals surface area contributed by atoms with Crippen LogP contribution in [0.2, 0.25) is 0 Å². The van der Waals surface area contributed by atoms with Gasteiger partial charge in [-0.05, 0) is 181 Å². The van der Waals surface area contributed by atoms with Crippen LogP contribution in [0.15, 0.2) is 72.4 Å². The Morgan fingerprint density at radius 3 is 2.26 bits per heavy atom. The summed E-state index contributed by atoms with van der Waals surface area (Å²) in [6.45, 7) is 25.5. The van der Waals surface area contributed by atoms with Gasteiger partial charge >= 0.3 is 0 Å². The number of anilines is 4. The Bertz CT molecular complexity index is 4050. The van der Waals surface area contributed by atoms with E-state index in [-0.39, 0.29) is 70.7 Å². The number of unbranched alkanes of at least 4 members (excludes halogenated alkanes) is 7. The molecule has 100 heavy (non-hydrogen) atoms. The van der Waals surface area contributed by atoms with E-state index in [0.717, 1.165) is 169 Å². The van der Waals surface area contributed by atoms with Gasteiger partial charge in [0.2, 0.25) is 17.7 Å². The van der Waals surface area contributed by atoms with E-state index < -0.39 is 29.5 Å². The quantitative estimate of drug-likeness (QED) is 0.0287. The molecule has 8 heterocycles. The van der Waals surface area contributed by atoms with E-state index in [0.29, 0.717) is 42.5 Å². The van der Waals surface area contributed by atoms with Gasteiger partial charge in [0.15, 0.2) is 16.8 Å². The van der Waals surface area contributed by atoms with E-state index in [1.54, 1.807) is 27.6 Å². The largest absolute Gasteiger partial charge is 0.391 e. The fourth-order valence-corrected chi connectivity index (χ4v) is 20.4. The molecule has 6 atom stereocenters. The summed E-state index contributed by atoms with van der Waals surface area (Å²) in [7, 11) is 0. The first-order valence-electron chi connectivity index (χ1n) is 37.0. The van der Waals surface area contributed by atoms with Crippen molar-refractivity contribution in [1.82, 2.24) is 60.7 Å². The number of rotatable bonds is 28. The first-order chi connectivity index (χ1) is 47.9. The second kappa shape index (κ2) is 29.7. The number of aliphatic hydroxyl groups is 1. The zero-order valence-corrected chi connectivity index (χ0v) is 61.9. The minimum atomic E-state index is -0.785. The van der Waals surface area contributed by atoms with E-state index in [2.05, 4.69) is 74.5 Å². The highest BCUT2D eigenvalue weighted by atomic mass is 32.1. The third-order valence-corrected chi connectivity index (χ3v) is 24.4. The van der Waals surface area contributed by atoms with Crippen LogP contribution in [0.3, 0.4) is 0 Å². The van der Waals surface area contributed by atoms with Crippen molar-refractivity contribution in [2.75, 3.05) is 56.1 Å². The summed E-state index contributed by atoms with van der Waals surface area (Å²) in [4.78, 5) is 78.6. The second-order valence-corrected chi connectivity index (χ2v) is 34.1. The summed E-state index contributed by atoms with van der Waals surface area (Å²) in [5.74, 6) is 0.597. The molecule has 0 radical (unpaired) electrons. The number of aromatic nitrogens is 7. The molecule has 0 spiro atoms. The molecule has 5 N–H and O–H groups in total. The molecule has 4 amide bonds. The number of benzene rings is 2. The highest BCUT2D eigenvalue weighted by Crippen LogP contribution is 2.72. The van der Waals surface area contributed by atoms with Gasteiger partial charge in [-0.1, -0.05) is 121 Å². The number of amides is 4. The molecule has 5 aromatic heterocycles. The lowest BCUT2D eigenvalue weighted by molar-refractivity contribution is -0.248. The van der Waals surface area contributed by atoms with Gasteiger partial charge in [-0.2, -0.15) is 5.10 Å². The summed E-state index contributed by atoms with van der Waals surface area (Å²) in [5.41, 5.74) is 10.2. The fraction of sp³-hybridized carbons (Fsp3) is 0.590. The fourth-order valence-electron chi connectivity index (χ4n) is 18.8. The Morgan fingerprint density at radius 1 is 0.810 bits per heavy atom. The number of hydrogen-bond acceptors (Lipinski definition) is 18. The molecule has 20 nitrogen and oxygen atoms in total. The number of imide groups is 1. The van der Waals surface area contributed by atoms with Crippen LogP contribution in [0.5, 0.6) is 0 Å². The van der Waals surface area contributed by atoms with Gasteiger partial charge in [0.1, 0.15) is 17.6 Å². The van der Waals surface area contributed by atoms with Crippen molar-refractivity contribution >= 4 is 79.1 Å². The summed E-state index contributed by atoms with van der Waals surface area (Å²) >= 11 is 3.17. The minimum absolute atomic E-state index is 0.0197. The summed E-state index contributed by atoms with van der Waals surface area (Å²) < 4.78 is 10.4. The molecular weight excluding hydrogens is 1290 g/mol. The maximum absolute atomic E-state index is 14.8. The Kier molecular flexibility index (Phi) is 21.2. The van der Waals surface area contributed by atoms with Crippen LogP contribution in [0.1, 0.15) is 208 Å². The van der Waals surface area contributed by atoms with Gasteiger partial charge < -0.3 is 40.5 Å². The van der Waals surface area contributed by atoms with Gasteiger partial charge in [-0.15, -0.1) is 21.5 Å². The second-order valence-electron chi connectivity index (χ2n) is 32.2. The van der Waals surface area contributed by atoms with E-state index in [4.69, 9.17) is 30.0 Å². The number of β-amino-alcohol motifs (C(OH)–C–C–N with tert-alkyl or cyclic N) is 1. The number of para-hydroxylation sites is 1. The molecular formula is C78H104N14O6S2. The van der Waals surface area contributed by atoms with E-state index in [1.165, 1.54) is 32.4 Å². The number of nitrogens with one attached hydrogen (secondary N) is 4. The third-order valence-electron chi connectivity index (χ3n) is 22.5. The Hall–Kier alpha value is -7.08. The van der Waals surface area contributed by atoms with Crippen molar-refractivity contribution in [1.29, 1.82) is 0 Å². The Morgan fingerprint density at radius 2 is 1.54 bits per heavy atom. The van der Waals surface area contributed by atoms with Crippen LogP contribution in [-0.2, 0) is 32.1 Å². The zero-order valence-electron chi connectivity index (χ0n) is 60.3. The van der Waals surface area contributed by atoms with Crippen molar-refractivity contribution < 1.29 is 29.0 Å². The molecule has 2 aromatic carbocycles. The van der Waals surface area contributed by atoms with Crippen molar-refractivity contribution in [2.45, 2.75) is 227 Å². The van der Waals surface area contributed by atoms with Crippen LogP contribution < -0.4 is 26.2 Å². The molecule has 4 saturated carbocycles. The lowest BCUT2D eigenvalue weighted by atomic mass is 9.39. The summed E-state index contributed by atoms with van der Waals surface area (Å²) in [5, 5.41) is 39.1. The van der Waals surface area contributed by atoms with E-state index in [1.807, 2.05) is 101 Å². The summed E-state index contributed by atoms with van der Waals surface area (Å²) in [6.07, 6.45) is 20.0. The number of fused-ring (bicyclic) bond motifs is 2. The first kappa shape index (κ1) is 71.3. The van der Waals surface area contributed by atoms with Crippen LogP contribution >= 0.6 is 22.7 Å². The molecule has 4 aliphatic carbocycles. The first-order valence-corrected chi connectivity index (χ1v) is 38.7. The maximum Gasteiger partial charge on any atom is 0.277 e. The number of carbonyl (C=O) groups excluding carboxylic acids is 4. The molecule has 7 aromatic rings. The monoisotopic (exact) mass is 1400 g/mol. The molecule has 6 fully saturated rings. The molecule has 3 aliphatic heterocycles. The average molecular weight is 1400 g/mol. The Labute approximate surface area is 598 Å². The van der Waals surface area contributed by atoms with Gasteiger partial charge in [0.05, 0.1) is 62.9 Å². The van der Waals surface area contributed by atoms with Crippen molar-refractivity contribution in [3.05, 3.63) is 106 Å².